The van der Waals surface area contributed by atoms with Crippen LogP contribution in [0.4, 0.5) is 11.6 Å². The van der Waals surface area contributed by atoms with Crippen molar-refractivity contribution in [2.24, 2.45) is 5.92 Å². The van der Waals surface area contributed by atoms with E-state index in [4.69, 9.17) is 0 Å². The summed E-state index contributed by atoms with van der Waals surface area (Å²) < 4.78 is 1.87. The molecule has 6 heteroatoms. The summed E-state index contributed by atoms with van der Waals surface area (Å²) in [6.45, 7) is 10.3. The molecular formula is C21H27N5O. The van der Waals surface area contributed by atoms with E-state index in [1.807, 2.05) is 11.6 Å². The lowest BCUT2D eigenvalue weighted by Gasteiger charge is -2.34. The minimum Gasteiger partial charge on any atom is -0.372 e. The summed E-state index contributed by atoms with van der Waals surface area (Å²) in [7, 11) is 0. The number of carbonyl (C=O) groups is 1. The summed E-state index contributed by atoms with van der Waals surface area (Å²) in [6, 6.07) is 8.33. The lowest BCUT2D eigenvalue weighted by Crippen LogP contribution is -2.33. The van der Waals surface area contributed by atoms with Crippen molar-refractivity contribution in [3.8, 4) is 0 Å². The Morgan fingerprint density at radius 2 is 1.89 bits per heavy atom. The second-order valence-corrected chi connectivity index (χ2v) is 7.55. The summed E-state index contributed by atoms with van der Waals surface area (Å²) in [5.74, 6) is 2.01. The van der Waals surface area contributed by atoms with Crippen molar-refractivity contribution >= 4 is 17.4 Å². The maximum Gasteiger partial charge on any atom is 0.226 e. The van der Waals surface area contributed by atoms with Crippen molar-refractivity contribution in [3.63, 3.8) is 0 Å². The van der Waals surface area contributed by atoms with Gasteiger partial charge in [0.05, 0.1) is 0 Å². The molecule has 1 aromatic carbocycles. The molecule has 0 saturated carbocycles. The van der Waals surface area contributed by atoms with Gasteiger partial charge in [-0.3, -0.25) is 4.79 Å². The second kappa shape index (κ2) is 6.83. The molecule has 1 aliphatic carbocycles. The van der Waals surface area contributed by atoms with Crippen LogP contribution in [-0.2, 0) is 4.79 Å². The molecule has 0 spiro atoms. The molecule has 1 aromatic heterocycles. The molecule has 2 aliphatic rings. The number of nitrogens with zero attached hydrogens (tertiary/aromatic N) is 4. The Kier molecular flexibility index (Phi) is 4.50. The lowest BCUT2D eigenvalue weighted by atomic mass is 9.81. The van der Waals surface area contributed by atoms with Crippen molar-refractivity contribution in [2.75, 3.05) is 23.3 Å². The predicted octanol–water partition coefficient (Wildman–Crippen LogP) is 3.70. The number of hydrogen-bond acceptors (Lipinski definition) is 5. The minimum atomic E-state index is -0.205. The fourth-order valence-electron chi connectivity index (χ4n) is 4.28. The number of Topliss-reactive ketones (excluding diaryl/α,β-unsaturated/α-hetero) is 1. The van der Waals surface area contributed by atoms with Gasteiger partial charge >= 0.3 is 0 Å². The van der Waals surface area contributed by atoms with E-state index in [2.05, 4.69) is 65.3 Å². The van der Waals surface area contributed by atoms with Gasteiger partial charge in [0, 0.05) is 36.5 Å². The van der Waals surface area contributed by atoms with E-state index in [-0.39, 0.29) is 11.8 Å². The number of rotatable bonds is 4. The average molecular weight is 365 g/mol. The third-order valence-corrected chi connectivity index (χ3v) is 5.57. The molecular weight excluding hydrogens is 338 g/mol. The van der Waals surface area contributed by atoms with Gasteiger partial charge in [-0.25, -0.2) is 4.68 Å². The Morgan fingerprint density at radius 3 is 2.56 bits per heavy atom. The van der Waals surface area contributed by atoms with Gasteiger partial charge in [0.25, 0.3) is 0 Å². The monoisotopic (exact) mass is 365 g/mol. The quantitative estimate of drug-likeness (QED) is 0.895. The van der Waals surface area contributed by atoms with Crippen LogP contribution in [0.3, 0.4) is 0 Å². The predicted molar refractivity (Wildman–Crippen MR) is 107 cm³/mol. The first-order valence-corrected chi connectivity index (χ1v) is 9.83. The summed E-state index contributed by atoms with van der Waals surface area (Å²) in [5.41, 5.74) is 4.14. The normalized spacial score (nSPS) is 21.6. The van der Waals surface area contributed by atoms with Crippen LogP contribution in [-0.4, -0.2) is 33.6 Å². The van der Waals surface area contributed by atoms with E-state index in [1.54, 1.807) is 0 Å². The maximum absolute atomic E-state index is 12.9. The van der Waals surface area contributed by atoms with Crippen molar-refractivity contribution in [1.29, 1.82) is 0 Å². The Bertz CT molecular complexity index is 892. The maximum atomic E-state index is 12.9. The summed E-state index contributed by atoms with van der Waals surface area (Å²) in [4.78, 5) is 19.8. The van der Waals surface area contributed by atoms with Gasteiger partial charge in [-0.15, -0.1) is 0 Å². The molecule has 0 amide bonds. The van der Waals surface area contributed by atoms with E-state index in [0.29, 0.717) is 18.2 Å². The van der Waals surface area contributed by atoms with E-state index in [0.717, 1.165) is 42.3 Å². The minimum absolute atomic E-state index is 0.205. The number of hydrogen-bond donors (Lipinski definition) is 1. The van der Waals surface area contributed by atoms with Gasteiger partial charge in [0.15, 0.2) is 5.78 Å². The standard InChI is InChI=1S/C21H27N5O/c1-5-25(6-2)16-9-7-15(8-10-16)20-19-17(11-13(3)12-18(19)27)23-21-22-14(4)24-26(20)21/h7-10,13,20H,5-6,11-12H2,1-4H3,(H,22,23,24). The van der Waals surface area contributed by atoms with Crippen LogP contribution in [0.1, 0.15) is 51.0 Å². The largest absolute Gasteiger partial charge is 0.372 e. The van der Waals surface area contributed by atoms with Gasteiger partial charge in [-0.05, 0) is 50.8 Å². The highest BCUT2D eigenvalue weighted by atomic mass is 16.1. The highest BCUT2D eigenvalue weighted by molar-refractivity contribution is 5.99. The van der Waals surface area contributed by atoms with Crippen molar-refractivity contribution in [3.05, 3.63) is 46.9 Å². The zero-order valence-electron chi connectivity index (χ0n) is 16.5. The molecule has 2 atom stereocenters. The van der Waals surface area contributed by atoms with Gasteiger partial charge < -0.3 is 10.2 Å². The smallest absolute Gasteiger partial charge is 0.226 e. The Labute approximate surface area is 160 Å². The van der Waals surface area contributed by atoms with E-state index < -0.39 is 0 Å². The topological polar surface area (TPSA) is 63.1 Å². The Morgan fingerprint density at radius 1 is 1.19 bits per heavy atom. The molecule has 27 heavy (non-hydrogen) atoms. The van der Waals surface area contributed by atoms with Crippen LogP contribution >= 0.6 is 0 Å². The molecule has 2 unspecified atom stereocenters. The van der Waals surface area contributed by atoms with Crippen LogP contribution in [0.15, 0.2) is 35.5 Å². The summed E-state index contributed by atoms with van der Waals surface area (Å²) >= 11 is 0. The number of allylic oxidation sites excluding steroid dienone is 2. The Balaban J connectivity index is 1.80. The van der Waals surface area contributed by atoms with Gasteiger partial charge in [0.2, 0.25) is 5.95 Å². The van der Waals surface area contributed by atoms with Crippen LogP contribution in [0.5, 0.6) is 0 Å². The zero-order chi connectivity index (χ0) is 19.1. The number of carbonyl (C=O) groups excluding carboxylic acids is 1. The molecule has 142 valence electrons. The lowest BCUT2D eigenvalue weighted by molar-refractivity contribution is -0.117. The van der Waals surface area contributed by atoms with Crippen LogP contribution in [0, 0.1) is 12.8 Å². The molecule has 4 rings (SSSR count). The number of fused-ring (bicyclic) bond motifs is 1. The highest BCUT2D eigenvalue weighted by Gasteiger charge is 2.38. The van der Waals surface area contributed by atoms with Gasteiger partial charge in [0.1, 0.15) is 11.9 Å². The first-order valence-electron chi connectivity index (χ1n) is 9.83. The molecule has 0 fully saturated rings. The summed E-state index contributed by atoms with van der Waals surface area (Å²) in [5, 5.41) is 7.96. The zero-order valence-corrected chi connectivity index (χ0v) is 16.5. The van der Waals surface area contributed by atoms with Gasteiger partial charge in [-0.1, -0.05) is 19.1 Å². The first kappa shape index (κ1) is 17.8. The molecule has 6 nitrogen and oxygen atoms in total. The molecule has 0 radical (unpaired) electrons. The molecule has 2 heterocycles. The van der Waals surface area contributed by atoms with Gasteiger partial charge in [-0.2, -0.15) is 10.1 Å². The molecule has 1 N–H and O–H groups in total. The van der Waals surface area contributed by atoms with Crippen LogP contribution < -0.4 is 10.2 Å². The van der Waals surface area contributed by atoms with Crippen LogP contribution in [0.25, 0.3) is 0 Å². The van der Waals surface area contributed by atoms with E-state index in [1.165, 1.54) is 5.69 Å². The SMILES string of the molecule is CCN(CC)c1ccc(C2C3=C(CC(C)CC3=O)Nc3nc(C)nn32)cc1. The molecule has 0 bridgehead atoms. The number of ketones is 1. The third kappa shape index (κ3) is 3.03. The van der Waals surface area contributed by atoms with Crippen LogP contribution in [0.2, 0.25) is 0 Å². The average Bonchev–Trinajstić information content (AvgIpc) is 3.01. The molecule has 1 aliphatic heterocycles. The number of aryl methyl sites for hydroxylation is 1. The number of aromatic nitrogens is 3. The Hall–Kier alpha value is -2.63. The molecule has 2 aromatic rings. The summed E-state index contributed by atoms with van der Waals surface area (Å²) in [6.07, 6.45) is 1.47. The number of nitrogens with one attached hydrogen (secondary N) is 1. The third-order valence-electron chi connectivity index (χ3n) is 5.57. The molecule has 0 saturated heterocycles. The second-order valence-electron chi connectivity index (χ2n) is 7.55. The number of benzene rings is 1. The first-order chi connectivity index (χ1) is 13.0. The van der Waals surface area contributed by atoms with Crippen molar-refractivity contribution in [2.45, 2.75) is 46.6 Å². The fraction of sp³-hybridized carbons (Fsp3) is 0.476. The van der Waals surface area contributed by atoms with E-state index >= 15 is 0 Å². The van der Waals surface area contributed by atoms with Crippen molar-refractivity contribution < 1.29 is 4.79 Å². The highest BCUT2D eigenvalue weighted by Crippen LogP contribution is 2.41. The van der Waals surface area contributed by atoms with Crippen molar-refractivity contribution in [1.82, 2.24) is 14.8 Å². The fourth-order valence-corrected chi connectivity index (χ4v) is 4.28. The number of anilines is 2. The van der Waals surface area contributed by atoms with E-state index in [9.17, 15) is 4.79 Å².